The highest BCUT2D eigenvalue weighted by atomic mass is 35.5. The van der Waals surface area contributed by atoms with Crippen LogP contribution in [-0.2, 0) is 9.59 Å². The number of ketones is 1. The van der Waals surface area contributed by atoms with E-state index in [1.54, 1.807) is 48.5 Å². The molecular weight excluding hydrogens is 414 g/mol. The fourth-order valence-corrected chi connectivity index (χ4v) is 3.92. The minimum atomic E-state index is -0.796. The number of aliphatic hydroxyl groups excluding tert-OH is 1. The summed E-state index contributed by atoms with van der Waals surface area (Å²) in [5, 5.41) is 11.6. The van der Waals surface area contributed by atoms with E-state index in [0.717, 1.165) is 0 Å². The van der Waals surface area contributed by atoms with Crippen LogP contribution >= 0.6 is 11.6 Å². The molecule has 4 rings (SSSR count). The van der Waals surface area contributed by atoms with Crippen LogP contribution in [0.1, 0.15) is 24.1 Å². The number of ether oxygens (including phenoxy) is 1. The van der Waals surface area contributed by atoms with Gasteiger partial charge in [-0.15, -0.1) is 0 Å². The Hall–Kier alpha value is -3.57. The van der Waals surface area contributed by atoms with Gasteiger partial charge in [0, 0.05) is 16.3 Å². The van der Waals surface area contributed by atoms with Crippen LogP contribution in [0.2, 0.25) is 5.02 Å². The molecule has 0 saturated carbocycles. The summed E-state index contributed by atoms with van der Waals surface area (Å²) in [5.74, 6) is -1.17. The van der Waals surface area contributed by atoms with Crippen LogP contribution in [0.25, 0.3) is 5.76 Å². The summed E-state index contributed by atoms with van der Waals surface area (Å²) in [6.45, 7) is 2.33. The average Bonchev–Trinajstić information content (AvgIpc) is 3.05. The number of nitrogens with zero attached hydrogens (tertiary/aromatic N) is 1. The molecule has 1 saturated heterocycles. The van der Waals surface area contributed by atoms with Gasteiger partial charge in [0.1, 0.15) is 11.5 Å². The monoisotopic (exact) mass is 433 g/mol. The van der Waals surface area contributed by atoms with Crippen LogP contribution in [-0.4, -0.2) is 23.4 Å². The number of hydrogen-bond acceptors (Lipinski definition) is 4. The van der Waals surface area contributed by atoms with Crippen LogP contribution in [0, 0.1) is 0 Å². The molecule has 6 heteroatoms. The molecule has 1 heterocycles. The molecule has 1 unspecified atom stereocenters. The van der Waals surface area contributed by atoms with Crippen molar-refractivity contribution in [1.29, 1.82) is 0 Å². The second kappa shape index (κ2) is 8.66. The number of Topliss-reactive ketones (excluding diaryl/α,β-unsaturated/α-hetero) is 1. The Morgan fingerprint density at radius 1 is 1.00 bits per heavy atom. The van der Waals surface area contributed by atoms with E-state index >= 15 is 0 Å². The quantitative estimate of drug-likeness (QED) is 0.334. The number of carbonyl (C=O) groups excluding carboxylic acids is 2. The van der Waals surface area contributed by atoms with Gasteiger partial charge >= 0.3 is 0 Å². The van der Waals surface area contributed by atoms with Gasteiger partial charge in [-0.25, -0.2) is 0 Å². The molecule has 1 fully saturated rings. The molecule has 156 valence electrons. The highest BCUT2D eigenvalue weighted by molar-refractivity contribution is 6.51. The van der Waals surface area contributed by atoms with Crippen LogP contribution in [0.15, 0.2) is 84.4 Å². The summed E-state index contributed by atoms with van der Waals surface area (Å²) in [6.07, 6.45) is 0. The molecule has 3 aromatic rings. The summed E-state index contributed by atoms with van der Waals surface area (Å²) >= 11 is 6.14. The summed E-state index contributed by atoms with van der Waals surface area (Å²) in [6, 6.07) is 21.9. The molecule has 0 aliphatic carbocycles. The van der Waals surface area contributed by atoms with Crippen LogP contribution in [0.3, 0.4) is 0 Å². The topological polar surface area (TPSA) is 66.8 Å². The van der Waals surface area contributed by atoms with Gasteiger partial charge in [-0.05, 0) is 42.8 Å². The third-order valence-electron chi connectivity index (χ3n) is 5.06. The van der Waals surface area contributed by atoms with Crippen molar-refractivity contribution in [3.05, 3.63) is 101 Å². The number of carbonyl (C=O) groups is 2. The zero-order valence-electron chi connectivity index (χ0n) is 16.8. The Morgan fingerprint density at radius 2 is 1.74 bits per heavy atom. The number of halogens is 1. The Labute approximate surface area is 185 Å². The van der Waals surface area contributed by atoms with Crippen molar-refractivity contribution in [2.24, 2.45) is 0 Å². The summed E-state index contributed by atoms with van der Waals surface area (Å²) in [4.78, 5) is 27.6. The molecule has 0 spiro atoms. The SMILES string of the molecule is CCOc1cccc(/C(O)=C2\C(=O)C(=O)N(c3cccc(Cl)c3)C2c2ccccc2)c1. The predicted octanol–water partition coefficient (Wildman–Crippen LogP) is 5.37. The Balaban J connectivity index is 1.92. The maximum absolute atomic E-state index is 13.1. The first-order valence-corrected chi connectivity index (χ1v) is 10.2. The maximum Gasteiger partial charge on any atom is 0.300 e. The molecule has 1 N–H and O–H groups in total. The van der Waals surface area contributed by atoms with Crippen molar-refractivity contribution in [2.75, 3.05) is 11.5 Å². The van der Waals surface area contributed by atoms with E-state index in [1.807, 2.05) is 37.3 Å². The smallest absolute Gasteiger partial charge is 0.300 e. The molecule has 5 nitrogen and oxygen atoms in total. The lowest BCUT2D eigenvalue weighted by molar-refractivity contribution is -0.132. The molecule has 0 bridgehead atoms. The van der Waals surface area contributed by atoms with E-state index in [9.17, 15) is 14.7 Å². The number of anilines is 1. The van der Waals surface area contributed by atoms with Gasteiger partial charge in [0.25, 0.3) is 11.7 Å². The average molecular weight is 434 g/mol. The summed E-state index contributed by atoms with van der Waals surface area (Å²) < 4.78 is 5.51. The van der Waals surface area contributed by atoms with E-state index in [0.29, 0.717) is 34.2 Å². The Morgan fingerprint density at radius 3 is 2.45 bits per heavy atom. The lowest BCUT2D eigenvalue weighted by Crippen LogP contribution is -2.29. The normalized spacial score (nSPS) is 17.7. The molecule has 3 aromatic carbocycles. The van der Waals surface area contributed by atoms with E-state index in [-0.39, 0.29) is 11.3 Å². The number of benzene rings is 3. The van der Waals surface area contributed by atoms with E-state index in [2.05, 4.69) is 0 Å². The highest BCUT2D eigenvalue weighted by Gasteiger charge is 2.46. The predicted molar refractivity (Wildman–Crippen MR) is 120 cm³/mol. The summed E-state index contributed by atoms with van der Waals surface area (Å²) in [5.41, 5.74) is 1.59. The van der Waals surface area contributed by atoms with Crippen LogP contribution < -0.4 is 9.64 Å². The molecule has 1 aliphatic heterocycles. The maximum atomic E-state index is 13.1. The van der Waals surface area contributed by atoms with Gasteiger partial charge in [-0.2, -0.15) is 0 Å². The molecular formula is C25H20ClNO4. The van der Waals surface area contributed by atoms with Crippen LogP contribution in [0.5, 0.6) is 5.75 Å². The van der Waals surface area contributed by atoms with Crippen molar-refractivity contribution in [3.63, 3.8) is 0 Å². The molecule has 1 amide bonds. The van der Waals surface area contributed by atoms with Crippen molar-refractivity contribution < 1.29 is 19.4 Å². The van der Waals surface area contributed by atoms with E-state index in [4.69, 9.17) is 16.3 Å². The van der Waals surface area contributed by atoms with Gasteiger partial charge in [0.2, 0.25) is 0 Å². The van der Waals surface area contributed by atoms with Crippen molar-refractivity contribution in [2.45, 2.75) is 13.0 Å². The lowest BCUT2D eigenvalue weighted by Gasteiger charge is -2.25. The largest absolute Gasteiger partial charge is 0.507 e. The zero-order valence-corrected chi connectivity index (χ0v) is 17.5. The van der Waals surface area contributed by atoms with Crippen molar-refractivity contribution >= 4 is 34.7 Å². The number of aliphatic hydroxyl groups is 1. The molecule has 1 aliphatic rings. The first kappa shape index (κ1) is 20.7. The first-order valence-electron chi connectivity index (χ1n) is 9.86. The molecule has 31 heavy (non-hydrogen) atoms. The van der Waals surface area contributed by atoms with Gasteiger partial charge < -0.3 is 9.84 Å². The van der Waals surface area contributed by atoms with Gasteiger partial charge in [0.05, 0.1) is 18.2 Å². The first-order chi connectivity index (χ1) is 15.0. The molecule has 1 atom stereocenters. The fraction of sp³-hybridized carbons (Fsp3) is 0.120. The lowest BCUT2D eigenvalue weighted by atomic mass is 9.95. The minimum absolute atomic E-state index is 0.0184. The summed E-state index contributed by atoms with van der Waals surface area (Å²) in [7, 11) is 0. The van der Waals surface area contributed by atoms with Crippen molar-refractivity contribution in [1.82, 2.24) is 0 Å². The van der Waals surface area contributed by atoms with E-state index in [1.165, 1.54) is 4.90 Å². The fourth-order valence-electron chi connectivity index (χ4n) is 3.73. The van der Waals surface area contributed by atoms with Crippen molar-refractivity contribution in [3.8, 4) is 5.75 Å². The third-order valence-corrected chi connectivity index (χ3v) is 5.30. The third kappa shape index (κ3) is 3.92. The second-order valence-electron chi connectivity index (χ2n) is 7.02. The van der Waals surface area contributed by atoms with E-state index < -0.39 is 17.7 Å². The number of amides is 1. The van der Waals surface area contributed by atoms with Gasteiger partial charge in [-0.3, -0.25) is 14.5 Å². The van der Waals surface area contributed by atoms with Gasteiger partial charge in [-0.1, -0.05) is 60.1 Å². The number of hydrogen-bond donors (Lipinski definition) is 1. The highest BCUT2D eigenvalue weighted by Crippen LogP contribution is 2.42. The van der Waals surface area contributed by atoms with Crippen LogP contribution in [0.4, 0.5) is 5.69 Å². The van der Waals surface area contributed by atoms with Gasteiger partial charge in [0.15, 0.2) is 0 Å². The molecule has 0 radical (unpaired) electrons. The Bertz CT molecular complexity index is 1170. The Kier molecular flexibility index (Phi) is 5.78. The number of rotatable bonds is 5. The molecule has 0 aromatic heterocycles. The minimum Gasteiger partial charge on any atom is -0.507 e. The zero-order chi connectivity index (χ0) is 22.0. The standard InChI is InChI=1S/C25H20ClNO4/c1-2-31-20-13-6-10-17(14-20)23(28)21-22(16-8-4-3-5-9-16)27(25(30)24(21)29)19-12-7-11-18(26)15-19/h3-15,22,28H,2H2,1H3/b23-21+. The second-order valence-corrected chi connectivity index (χ2v) is 7.46.